The summed E-state index contributed by atoms with van der Waals surface area (Å²) in [5.41, 5.74) is 0. The topological polar surface area (TPSA) is 29.3 Å². The molecule has 0 unspecified atom stereocenters. The zero-order valence-electron chi connectivity index (χ0n) is 10.7. The Kier molecular flexibility index (Phi) is 3.33. The second-order valence-electron chi connectivity index (χ2n) is 5.44. The molecule has 2 rings (SSSR count). The van der Waals surface area contributed by atoms with Crippen molar-refractivity contribution in [2.45, 2.75) is 52.1 Å². The molecule has 90 valence electrons. The highest BCUT2D eigenvalue weighted by Gasteiger charge is 2.37. The highest BCUT2D eigenvalue weighted by Crippen LogP contribution is 2.35. The van der Waals surface area contributed by atoms with Crippen LogP contribution in [-0.2, 0) is 0 Å². The third-order valence-electron chi connectivity index (χ3n) is 3.67. The highest BCUT2D eigenvalue weighted by atomic mass is 16.3. The summed E-state index contributed by atoms with van der Waals surface area (Å²) in [7, 11) is 0. The number of nitrogens with zero attached hydrogens (tertiary/aromatic N) is 2. The van der Waals surface area contributed by atoms with Gasteiger partial charge in [-0.2, -0.15) is 0 Å². The van der Waals surface area contributed by atoms with Gasteiger partial charge in [-0.25, -0.2) is 4.98 Å². The fraction of sp³-hybridized carbons (Fsp3) is 0.769. The second kappa shape index (κ2) is 4.58. The van der Waals surface area contributed by atoms with Crippen molar-refractivity contribution in [3.63, 3.8) is 0 Å². The number of hydrogen-bond acceptors (Lipinski definition) is 3. The Balaban J connectivity index is 2.12. The molecule has 1 aromatic rings. The molecule has 0 saturated carbocycles. The van der Waals surface area contributed by atoms with Crippen molar-refractivity contribution >= 4 is 0 Å². The van der Waals surface area contributed by atoms with E-state index in [1.54, 1.807) is 0 Å². The molecule has 3 heteroatoms. The van der Waals surface area contributed by atoms with Crippen LogP contribution in [0.2, 0.25) is 0 Å². The standard InChI is InChI=1S/C13H22N2O/c1-9(2)12-5-11(7-15(12)10(3)4)13-6-14-8-16-13/h6,8-12H,5,7H2,1-4H3/t11-,12-/m0/s1. The molecule has 16 heavy (non-hydrogen) atoms. The van der Waals surface area contributed by atoms with Crippen LogP contribution in [0, 0.1) is 5.92 Å². The number of likely N-dealkylation sites (tertiary alicyclic amines) is 1. The summed E-state index contributed by atoms with van der Waals surface area (Å²) in [6.07, 6.45) is 4.61. The molecule has 2 atom stereocenters. The maximum atomic E-state index is 5.44. The van der Waals surface area contributed by atoms with Gasteiger partial charge in [0.25, 0.3) is 0 Å². The molecular formula is C13H22N2O. The first-order valence-electron chi connectivity index (χ1n) is 6.23. The molecule has 0 N–H and O–H groups in total. The maximum Gasteiger partial charge on any atom is 0.180 e. The summed E-state index contributed by atoms with van der Waals surface area (Å²) in [4.78, 5) is 6.62. The minimum Gasteiger partial charge on any atom is -0.448 e. The summed E-state index contributed by atoms with van der Waals surface area (Å²) in [6.45, 7) is 10.3. The Labute approximate surface area is 97.8 Å². The van der Waals surface area contributed by atoms with Crippen molar-refractivity contribution < 1.29 is 4.42 Å². The third-order valence-corrected chi connectivity index (χ3v) is 3.67. The fourth-order valence-electron chi connectivity index (χ4n) is 2.77. The van der Waals surface area contributed by atoms with Gasteiger partial charge in [-0.05, 0) is 26.2 Å². The molecule has 0 spiro atoms. The van der Waals surface area contributed by atoms with Crippen molar-refractivity contribution in [1.29, 1.82) is 0 Å². The van der Waals surface area contributed by atoms with E-state index in [1.807, 2.05) is 6.20 Å². The average Bonchev–Trinajstić information content (AvgIpc) is 2.86. The smallest absolute Gasteiger partial charge is 0.180 e. The van der Waals surface area contributed by atoms with E-state index in [9.17, 15) is 0 Å². The lowest BCUT2D eigenvalue weighted by Crippen LogP contribution is -2.38. The summed E-state index contributed by atoms with van der Waals surface area (Å²) in [6, 6.07) is 1.29. The first-order chi connectivity index (χ1) is 7.59. The molecule has 1 aliphatic rings. The lowest BCUT2D eigenvalue weighted by Gasteiger charge is -2.30. The summed E-state index contributed by atoms with van der Waals surface area (Å²) in [5.74, 6) is 2.28. The van der Waals surface area contributed by atoms with Gasteiger partial charge in [-0.3, -0.25) is 4.90 Å². The second-order valence-corrected chi connectivity index (χ2v) is 5.44. The maximum absolute atomic E-state index is 5.44. The van der Waals surface area contributed by atoms with Crippen LogP contribution in [-0.4, -0.2) is 28.5 Å². The van der Waals surface area contributed by atoms with E-state index >= 15 is 0 Å². The lowest BCUT2D eigenvalue weighted by atomic mass is 9.96. The molecule has 1 fully saturated rings. The van der Waals surface area contributed by atoms with Crippen molar-refractivity contribution in [2.75, 3.05) is 6.54 Å². The molecule has 1 aliphatic heterocycles. The minimum atomic E-state index is 0.525. The molecule has 0 amide bonds. The summed E-state index contributed by atoms with van der Waals surface area (Å²) >= 11 is 0. The van der Waals surface area contributed by atoms with Crippen LogP contribution in [0.1, 0.15) is 45.8 Å². The number of rotatable bonds is 3. The number of hydrogen-bond donors (Lipinski definition) is 0. The summed E-state index contributed by atoms with van der Waals surface area (Å²) in [5, 5.41) is 0. The van der Waals surface area contributed by atoms with Crippen LogP contribution < -0.4 is 0 Å². The molecule has 3 nitrogen and oxygen atoms in total. The van der Waals surface area contributed by atoms with Crippen LogP contribution in [0.3, 0.4) is 0 Å². The van der Waals surface area contributed by atoms with E-state index in [-0.39, 0.29) is 0 Å². The van der Waals surface area contributed by atoms with E-state index in [0.717, 1.165) is 12.3 Å². The van der Waals surface area contributed by atoms with Gasteiger partial charge in [-0.1, -0.05) is 13.8 Å². The predicted octanol–water partition coefficient (Wildman–Crippen LogP) is 2.90. The Hall–Kier alpha value is -0.830. The molecule has 0 bridgehead atoms. The monoisotopic (exact) mass is 222 g/mol. The molecule has 0 aliphatic carbocycles. The minimum absolute atomic E-state index is 0.525. The largest absolute Gasteiger partial charge is 0.448 e. The zero-order chi connectivity index (χ0) is 11.7. The third kappa shape index (κ3) is 2.14. The van der Waals surface area contributed by atoms with E-state index < -0.39 is 0 Å². The van der Waals surface area contributed by atoms with Gasteiger partial charge >= 0.3 is 0 Å². The van der Waals surface area contributed by atoms with Crippen molar-refractivity contribution in [2.24, 2.45) is 5.92 Å². The number of aromatic nitrogens is 1. The average molecular weight is 222 g/mol. The van der Waals surface area contributed by atoms with E-state index in [0.29, 0.717) is 23.9 Å². The Morgan fingerprint density at radius 1 is 1.38 bits per heavy atom. The van der Waals surface area contributed by atoms with Gasteiger partial charge in [0.1, 0.15) is 5.76 Å². The normalized spacial score (nSPS) is 27.1. The molecule has 0 aromatic carbocycles. The Bertz CT molecular complexity index is 303. The van der Waals surface area contributed by atoms with Gasteiger partial charge in [-0.15, -0.1) is 0 Å². The van der Waals surface area contributed by atoms with E-state index in [4.69, 9.17) is 4.42 Å². The molecule has 1 aromatic heterocycles. The first kappa shape index (κ1) is 11.6. The highest BCUT2D eigenvalue weighted by molar-refractivity contribution is 5.06. The Morgan fingerprint density at radius 2 is 2.12 bits per heavy atom. The van der Waals surface area contributed by atoms with Crippen LogP contribution in [0.4, 0.5) is 0 Å². The van der Waals surface area contributed by atoms with Crippen molar-refractivity contribution in [3.05, 3.63) is 18.4 Å². The lowest BCUT2D eigenvalue weighted by molar-refractivity contribution is 0.165. The summed E-state index contributed by atoms with van der Waals surface area (Å²) < 4.78 is 5.44. The van der Waals surface area contributed by atoms with Gasteiger partial charge in [0, 0.05) is 24.5 Å². The predicted molar refractivity (Wildman–Crippen MR) is 64.3 cm³/mol. The van der Waals surface area contributed by atoms with Crippen molar-refractivity contribution in [3.8, 4) is 0 Å². The Morgan fingerprint density at radius 3 is 2.56 bits per heavy atom. The van der Waals surface area contributed by atoms with E-state index in [1.165, 1.54) is 12.8 Å². The van der Waals surface area contributed by atoms with Gasteiger partial charge < -0.3 is 4.42 Å². The van der Waals surface area contributed by atoms with Crippen LogP contribution in [0.15, 0.2) is 17.0 Å². The first-order valence-corrected chi connectivity index (χ1v) is 6.23. The van der Waals surface area contributed by atoms with Crippen molar-refractivity contribution in [1.82, 2.24) is 9.88 Å². The molecule has 2 heterocycles. The van der Waals surface area contributed by atoms with E-state index in [2.05, 4.69) is 37.6 Å². The number of oxazole rings is 1. The quantitative estimate of drug-likeness (QED) is 0.787. The van der Waals surface area contributed by atoms with Crippen LogP contribution >= 0.6 is 0 Å². The molecule has 1 saturated heterocycles. The molecule has 0 radical (unpaired) electrons. The van der Waals surface area contributed by atoms with Gasteiger partial charge in [0.05, 0.1) is 6.20 Å². The zero-order valence-corrected chi connectivity index (χ0v) is 10.7. The SMILES string of the molecule is CC(C)[C@@H]1C[C@H](c2cnco2)CN1C(C)C. The van der Waals surface area contributed by atoms with Crippen LogP contribution in [0.25, 0.3) is 0 Å². The van der Waals surface area contributed by atoms with Gasteiger partial charge in [0.15, 0.2) is 6.39 Å². The van der Waals surface area contributed by atoms with Crippen LogP contribution in [0.5, 0.6) is 0 Å². The van der Waals surface area contributed by atoms with Gasteiger partial charge in [0.2, 0.25) is 0 Å². The molecular weight excluding hydrogens is 200 g/mol. The fourth-order valence-corrected chi connectivity index (χ4v) is 2.77.